The summed E-state index contributed by atoms with van der Waals surface area (Å²) in [6, 6.07) is 0.880. The molecule has 0 aromatic heterocycles. The molecule has 2 aliphatic heterocycles. The molecule has 2 heterocycles. The monoisotopic (exact) mass is 280 g/mol. The van der Waals surface area contributed by atoms with Gasteiger partial charge in [0, 0.05) is 45.3 Å². The summed E-state index contributed by atoms with van der Waals surface area (Å²) in [6.45, 7) is 11.5. The van der Waals surface area contributed by atoms with E-state index in [9.17, 15) is 0 Å². The molecule has 0 bridgehead atoms. The molecular formula is C16H32N4. The predicted octanol–water partition coefficient (Wildman–Crippen LogP) is 0.698. The quantitative estimate of drug-likeness (QED) is 0.773. The third kappa shape index (κ3) is 4.69. The zero-order chi connectivity index (χ0) is 13.8. The maximum atomic E-state index is 3.70. The highest BCUT2D eigenvalue weighted by Crippen LogP contribution is 2.21. The van der Waals surface area contributed by atoms with Gasteiger partial charge in [-0.3, -0.25) is 4.90 Å². The van der Waals surface area contributed by atoms with Crippen molar-refractivity contribution in [1.82, 2.24) is 20.0 Å². The summed E-state index contributed by atoms with van der Waals surface area (Å²) >= 11 is 0. The Morgan fingerprint density at radius 2 is 1.40 bits per heavy atom. The van der Waals surface area contributed by atoms with Gasteiger partial charge < -0.3 is 15.1 Å². The number of likely N-dealkylation sites (tertiary alicyclic amines) is 1. The Morgan fingerprint density at radius 3 is 2.00 bits per heavy atom. The van der Waals surface area contributed by atoms with Gasteiger partial charge in [0.05, 0.1) is 0 Å². The van der Waals surface area contributed by atoms with Crippen LogP contribution in [0.2, 0.25) is 0 Å². The van der Waals surface area contributed by atoms with Crippen LogP contribution in [0.25, 0.3) is 0 Å². The summed E-state index contributed by atoms with van der Waals surface area (Å²) in [4.78, 5) is 7.77. The summed E-state index contributed by atoms with van der Waals surface area (Å²) in [5, 5.41) is 3.70. The van der Waals surface area contributed by atoms with Gasteiger partial charge in [0.2, 0.25) is 0 Å². The van der Waals surface area contributed by atoms with E-state index in [0.29, 0.717) is 0 Å². The molecule has 3 aliphatic rings. The molecular weight excluding hydrogens is 248 g/mol. The first-order valence-electron chi connectivity index (χ1n) is 8.66. The number of hydrogen-bond acceptors (Lipinski definition) is 4. The highest BCUT2D eigenvalue weighted by Gasteiger charge is 2.24. The van der Waals surface area contributed by atoms with Crippen LogP contribution in [-0.2, 0) is 0 Å². The molecule has 0 radical (unpaired) electrons. The molecule has 0 amide bonds. The Bertz CT molecular complexity index is 276. The van der Waals surface area contributed by atoms with Crippen molar-refractivity contribution in [3.8, 4) is 0 Å². The molecule has 0 aromatic rings. The first kappa shape index (κ1) is 14.8. The Morgan fingerprint density at radius 1 is 0.800 bits per heavy atom. The van der Waals surface area contributed by atoms with Crippen molar-refractivity contribution in [3.05, 3.63) is 0 Å². The smallest absolute Gasteiger partial charge is 0.0110 e. The second-order valence-electron chi connectivity index (χ2n) is 7.11. The molecule has 0 aromatic carbocycles. The van der Waals surface area contributed by atoms with Crippen LogP contribution in [-0.4, -0.2) is 86.7 Å². The molecule has 116 valence electrons. The average molecular weight is 280 g/mol. The van der Waals surface area contributed by atoms with Gasteiger partial charge in [-0.25, -0.2) is 0 Å². The van der Waals surface area contributed by atoms with Crippen molar-refractivity contribution in [3.63, 3.8) is 0 Å². The summed E-state index contributed by atoms with van der Waals surface area (Å²) in [5.41, 5.74) is 0. The Balaban J connectivity index is 1.26. The number of nitrogens with zero attached hydrogens (tertiary/aromatic N) is 3. The first-order chi connectivity index (χ1) is 9.79. The second-order valence-corrected chi connectivity index (χ2v) is 7.11. The number of rotatable bonds is 6. The summed E-state index contributed by atoms with van der Waals surface area (Å²) in [6.07, 6.45) is 5.65. The van der Waals surface area contributed by atoms with E-state index < -0.39 is 0 Å². The summed E-state index contributed by atoms with van der Waals surface area (Å²) < 4.78 is 0. The van der Waals surface area contributed by atoms with Crippen molar-refractivity contribution < 1.29 is 0 Å². The molecule has 2 saturated heterocycles. The van der Waals surface area contributed by atoms with Gasteiger partial charge in [-0.15, -0.1) is 0 Å². The van der Waals surface area contributed by atoms with E-state index >= 15 is 0 Å². The number of piperidine rings is 1. The number of likely N-dealkylation sites (N-methyl/N-ethyl adjacent to an activating group) is 1. The van der Waals surface area contributed by atoms with Crippen molar-refractivity contribution in [1.29, 1.82) is 0 Å². The van der Waals surface area contributed by atoms with E-state index in [-0.39, 0.29) is 0 Å². The lowest BCUT2D eigenvalue weighted by Crippen LogP contribution is -2.48. The third-order valence-corrected chi connectivity index (χ3v) is 5.31. The van der Waals surface area contributed by atoms with E-state index in [1.165, 1.54) is 84.6 Å². The molecule has 4 heteroatoms. The van der Waals surface area contributed by atoms with Gasteiger partial charge in [0.25, 0.3) is 0 Å². The maximum Gasteiger partial charge on any atom is 0.0110 e. The second kappa shape index (κ2) is 7.21. The van der Waals surface area contributed by atoms with Crippen LogP contribution in [0.1, 0.15) is 25.7 Å². The van der Waals surface area contributed by atoms with E-state index in [0.717, 1.165) is 12.0 Å². The lowest BCUT2D eigenvalue weighted by molar-refractivity contribution is 0.119. The molecule has 0 unspecified atom stereocenters. The fraction of sp³-hybridized carbons (Fsp3) is 1.00. The highest BCUT2D eigenvalue weighted by molar-refractivity contribution is 4.83. The Kier molecular flexibility index (Phi) is 5.32. The lowest BCUT2D eigenvalue weighted by Gasteiger charge is -2.36. The summed E-state index contributed by atoms with van der Waals surface area (Å²) in [5.74, 6) is 0.940. The van der Waals surface area contributed by atoms with Crippen LogP contribution in [0.3, 0.4) is 0 Å². The van der Waals surface area contributed by atoms with Crippen molar-refractivity contribution in [2.75, 3.05) is 66.0 Å². The number of hydrogen-bond donors (Lipinski definition) is 1. The van der Waals surface area contributed by atoms with E-state index in [2.05, 4.69) is 27.1 Å². The van der Waals surface area contributed by atoms with E-state index in [1.807, 2.05) is 0 Å². The van der Waals surface area contributed by atoms with Gasteiger partial charge in [0.15, 0.2) is 0 Å². The largest absolute Gasteiger partial charge is 0.314 e. The zero-order valence-corrected chi connectivity index (χ0v) is 13.2. The number of piperazine rings is 1. The first-order valence-corrected chi connectivity index (χ1v) is 8.66. The minimum atomic E-state index is 0.880. The topological polar surface area (TPSA) is 21.8 Å². The van der Waals surface area contributed by atoms with E-state index in [4.69, 9.17) is 0 Å². The van der Waals surface area contributed by atoms with Crippen LogP contribution in [0.15, 0.2) is 0 Å². The molecule has 3 fully saturated rings. The van der Waals surface area contributed by atoms with Gasteiger partial charge in [-0.2, -0.15) is 0 Å². The van der Waals surface area contributed by atoms with Crippen LogP contribution >= 0.6 is 0 Å². The fourth-order valence-electron chi connectivity index (χ4n) is 3.39. The molecule has 3 rings (SSSR count). The van der Waals surface area contributed by atoms with Crippen LogP contribution in [0.4, 0.5) is 0 Å². The molecule has 20 heavy (non-hydrogen) atoms. The minimum Gasteiger partial charge on any atom is -0.314 e. The maximum absolute atomic E-state index is 3.70. The Hall–Kier alpha value is -0.160. The van der Waals surface area contributed by atoms with Crippen LogP contribution < -0.4 is 5.32 Å². The third-order valence-electron chi connectivity index (χ3n) is 5.31. The van der Waals surface area contributed by atoms with Crippen LogP contribution in [0, 0.1) is 5.92 Å². The fourth-order valence-corrected chi connectivity index (χ4v) is 3.39. The van der Waals surface area contributed by atoms with Crippen molar-refractivity contribution in [2.24, 2.45) is 5.92 Å². The lowest BCUT2D eigenvalue weighted by atomic mass is 9.97. The van der Waals surface area contributed by atoms with Crippen molar-refractivity contribution in [2.45, 2.75) is 31.7 Å². The molecule has 1 saturated carbocycles. The van der Waals surface area contributed by atoms with Gasteiger partial charge in [-0.1, -0.05) is 0 Å². The standard InChI is InChI=1S/C16H32N4/c1-18-8-10-20(11-9-18)13-12-19-6-4-15(5-7-19)14-17-16-2-3-16/h15-17H,2-14H2,1H3. The number of nitrogens with one attached hydrogen (secondary N) is 1. The molecule has 0 atom stereocenters. The minimum absolute atomic E-state index is 0.880. The SMILES string of the molecule is CN1CCN(CCN2CCC(CNC3CC3)CC2)CC1. The summed E-state index contributed by atoms with van der Waals surface area (Å²) in [7, 11) is 2.23. The van der Waals surface area contributed by atoms with Gasteiger partial charge in [-0.05, 0) is 58.3 Å². The van der Waals surface area contributed by atoms with Crippen LogP contribution in [0.5, 0.6) is 0 Å². The Labute approximate surface area is 124 Å². The normalized spacial score (nSPS) is 28.1. The zero-order valence-electron chi connectivity index (χ0n) is 13.2. The van der Waals surface area contributed by atoms with Gasteiger partial charge >= 0.3 is 0 Å². The van der Waals surface area contributed by atoms with Gasteiger partial charge in [0.1, 0.15) is 0 Å². The predicted molar refractivity (Wildman–Crippen MR) is 84.1 cm³/mol. The molecule has 1 N–H and O–H groups in total. The highest BCUT2D eigenvalue weighted by atomic mass is 15.3. The average Bonchev–Trinajstić information content (AvgIpc) is 3.30. The molecule has 4 nitrogen and oxygen atoms in total. The van der Waals surface area contributed by atoms with Crippen molar-refractivity contribution >= 4 is 0 Å². The molecule has 1 aliphatic carbocycles. The molecule has 0 spiro atoms. The van der Waals surface area contributed by atoms with E-state index in [1.54, 1.807) is 0 Å².